The van der Waals surface area contributed by atoms with E-state index < -0.39 is 10.0 Å². The van der Waals surface area contributed by atoms with Crippen LogP contribution < -0.4 is 5.32 Å². The molecule has 3 heterocycles. The Balaban J connectivity index is 1.88. The molecule has 0 spiro atoms. The summed E-state index contributed by atoms with van der Waals surface area (Å²) >= 11 is 1.34. The van der Waals surface area contributed by atoms with Crippen molar-refractivity contribution in [1.29, 1.82) is 0 Å². The second kappa shape index (κ2) is 5.75. The lowest BCUT2D eigenvalue weighted by Gasteiger charge is -2.27. The smallest absolute Gasteiger partial charge is 0.259 e. The molecule has 0 aliphatic carbocycles. The van der Waals surface area contributed by atoms with E-state index in [1.807, 2.05) is 0 Å². The van der Waals surface area contributed by atoms with Gasteiger partial charge in [-0.3, -0.25) is 15.1 Å². The summed E-state index contributed by atoms with van der Waals surface area (Å²) in [5.41, 5.74) is 2.09. The van der Waals surface area contributed by atoms with Crippen LogP contribution in [0.5, 0.6) is 0 Å². The topological polar surface area (TPSA) is 92.3 Å². The number of rotatable bonds is 3. The highest BCUT2D eigenvalue weighted by Crippen LogP contribution is 2.24. The third kappa shape index (κ3) is 3.01. The Morgan fingerprint density at radius 1 is 1.41 bits per heavy atom. The summed E-state index contributed by atoms with van der Waals surface area (Å²) in [6, 6.07) is 0. The zero-order chi connectivity index (χ0) is 15.7. The van der Waals surface area contributed by atoms with Crippen molar-refractivity contribution in [1.82, 2.24) is 14.3 Å². The molecule has 9 heteroatoms. The summed E-state index contributed by atoms with van der Waals surface area (Å²) < 4.78 is 24.7. The molecule has 0 saturated heterocycles. The molecule has 2 aromatic rings. The minimum absolute atomic E-state index is 0.250. The van der Waals surface area contributed by atoms with Crippen LogP contribution >= 0.6 is 11.3 Å². The predicted octanol–water partition coefficient (Wildman–Crippen LogP) is 1.11. The molecule has 0 atom stereocenters. The fraction of sp³-hybridized carbons (Fsp3) is 0.308. The number of anilines is 1. The van der Waals surface area contributed by atoms with Gasteiger partial charge in [-0.2, -0.15) is 4.31 Å². The number of pyridine rings is 1. The summed E-state index contributed by atoms with van der Waals surface area (Å²) in [5.74, 6) is -0.271. The number of hydrogen-bond donors (Lipinski definition) is 1. The van der Waals surface area contributed by atoms with E-state index in [2.05, 4.69) is 15.3 Å². The fourth-order valence-electron chi connectivity index (χ4n) is 2.40. The second-order valence-electron chi connectivity index (χ2n) is 4.96. The number of thiazole rings is 1. The molecule has 1 aliphatic rings. The highest BCUT2D eigenvalue weighted by Gasteiger charge is 2.26. The Bertz CT molecular complexity index is 803. The van der Waals surface area contributed by atoms with Crippen LogP contribution in [0.15, 0.2) is 24.0 Å². The monoisotopic (exact) mass is 338 g/mol. The van der Waals surface area contributed by atoms with Gasteiger partial charge in [0.1, 0.15) is 0 Å². The average Bonchev–Trinajstić information content (AvgIpc) is 2.98. The van der Waals surface area contributed by atoms with Crippen LogP contribution in [0.2, 0.25) is 0 Å². The van der Waals surface area contributed by atoms with E-state index in [0.29, 0.717) is 23.7 Å². The van der Waals surface area contributed by atoms with Crippen molar-refractivity contribution in [2.75, 3.05) is 18.1 Å². The van der Waals surface area contributed by atoms with Crippen molar-refractivity contribution in [3.05, 3.63) is 40.7 Å². The minimum atomic E-state index is -3.25. The lowest BCUT2D eigenvalue weighted by molar-refractivity contribution is 0.102. The van der Waals surface area contributed by atoms with Gasteiger partial charge in [-0.1, -0.05) is 0 Å². The SMILES string of the molecule is CS(=O)(=O)N1CCc2c(cncc2C(=O)Nc2nccs2)C1. The van der Waals surface area contributed by atoms with Crippen molar-refractivity contribution in [3.63, 3.8) is 0 Å². The molecule has 0 radical (unpaired) electrons. The van der Waals surface area contributed by atoms with Crippen molar-refractivity contribution >= 4 is 32.4 Å². The van der Waals surface area contributed by atoms with E-state index in [1.54, 1.807) is 17.8 Å². The van der Waals surface area contributed by atoms with Gasteiger partial charge < -0.3 is 0 Å². The second-order valence-corrected chi connectivity index (χ2v) is 7.84. The van der Waals surface area contributed by atoms with E-state index in [1.165, 1.54) is 28.1 Å². The number of nitrogens with one attached hydrogen (secondary N) is 1. The maximum atomic E-state index is 12.3. The molecule has 0 saturated carbocycles. The maximum Gasteiger partial charge on any atom is 0.259 e. The van der Waals surface area contributed by atoms with Crippen LogP contribution in [0, 0.1) is 0 Å². The van der Waals surface area contributed by atoms with Gasteiger partial charge in [-0.25, -0.2) is 13.4 Å². The Kier molecular flexibility index (Phi) is 3.94. The third-order valence-corrected chi connectivity index (χ3v) is 5.41. The van der Waals surface area contributed by atoms with Crippen molar-refractivity contribution in [3.8, 4) is 0 Å². The highest BCUT2D eigenvalue weighted by atomic mass is 32.2. The molecular weight excluding hydrogens is 324 g/mol. The van der Waals surface area contributed by atoms with Gasteiger partial charge in [-0.15, -0.1) is 11.3 Å². The van der Waals surface area contributed by atoms with Crippen LogP contribution in [-0.2, 0) is 23.0 Å². The predicted molar refractivity (Wildman–Crippen MR) is 83.3 cm³/mol. The Labute approximate surface area is 132 Å². The molecule has 1 aliphatic heterocycles. The van der Waals surface area contributed by atoms with Gasteiger partial charge in [0.15, 0.2) is 5.13 Å². The van der Waals surface area contributed by atoms with Gasteiger partial charge in [0.25, 0.3) is 5.91 Å². The number of carbonyl (C=O) groups is 1. The zero-order valence-corrected chi connectivity index (χ0v) is 13.4. The van der Waals surface area contributed by atoms with Crippen LogP contribution in [0.3, 0.4) is 0 Å². The quantitative estimate of drug-likeness (QED) is 0.905. The maximum absolute atomic E-state index is 12.3. The van der Waals surface area contributed by atoms with Crippen LogP contribution in [0.25, 0.3) is 0 Å². The molecule has 2 aromatic heterocycles. The highest BCUT2D eigenvalue weighted by molar-refractivity contribution is 7.88. The Hall–Kier alpha value is -1.84. The van der Waals surface area contributed by atoms with Crippen molar-refractivity contribution in [2.24, 2.45) is 0 Å². The summed E-state index contributed by atoms with van der Waals surface area (Å²) in [5, 5.41) is 5.03. The van der Waals surface area contributed by atoms with E-state index >= 15 is 0 Å². The van der Waals surface area contributed by atoms with Crippen molar-refractivity contribution < 1.29 is 13.2 Å². The number of hydrogen-bond acceptors (Lipinski definition) is 6. The molecule has 116 valence electrons. The van der Waals surface area contributed by atoms with Gasteiger partial charge in [0.2, 0.25) is 10.0 Å². The molecule has 0 fully saturated rings. The first-order valence-corrected chi connectivity index (χ1v) is 9.29. The summed E-state index contributed by atoms with van der Waals surface area (Å²) in [6.07, 6.45) is 6.42. The van der Waals surface area contributed by atoms with Crippen LogP contribution in [0.4, 0.5) is 5.13 Å². The summed E-state index contributed by atoms with van der Waals surface area (Å²) in [7, 11) is -3.25. The van der Waals surface area contributed by atoms with E-state index in [9.17, 15) is 13.2 Å². The number of carbonyl (C=O) groups excluding carboxylic acids is 1. The first kappa shape index (κ1) is 15.1. The Morgan fingerprint density at radius 3 is 2.91 bits per heavy atom. The minimum Gasteiger partial charge on any atom is -0.298 e. The van der Waals surface area contributed by atoms with Crippen LogP contribution in [0.1, 0.15) is 21.5 Å². The third-order valence-electron chi connectivity index (χ3n) is 3.47. The molecule has 0 bridgehead atoms. The fourth-order valence-corrected chi connectivity index (χ4v) is 3.72. The summed E-state index contributed by atoms with van der Waals surface area (Å²) in [4.78, 5) is 20.4. The van der Waals surface area contributed by atoms with Gasteiger partial charge in [0.05, 0.1) is 11.8 Å². The van der Waals surface area contributed by atoms with E-state index in [0.717, 1.165) is 11.1 Å². The number of fused-ring (bicyclic) bond motifs is 1. The van der Waals surface area contributed by atoms with Gasteiger partial charge >= 0.3 is 0 Å². The summed E-state index contributed by atoms with van der Waals surface area (Å²) in [6.45, 7) is 0.618. The van der Waals surface area contributed by atoms with Gasteiger partial charge in [0, 0.05) is 37.1 Å². The zero-order valence-electron chi connectivity index (χ0n) is 11.8. The molecule has 1 N–H and O–H groups in total. The molecule has 3 rings (SSSR count). The van der Waals surface area contributed by atoms with Crippen molar-refractivity contribution in [2.45, 2.75) is 13.0 Å². The molecule has 22 heavy (non-hydrogen) atoms. The lowest BCUT2D eigenvalue weighted by Crippen LogP contribution is -2.36. The molecule has 1 amide bonds. The number of sulfonamides is 1. The van der Waals surface area contributed by atoms with Gasteiger partial charge in [-0.05, 0) is 17.5 Å². The molecule has 7 nitrogen and oxygen atoms in total. The first-order valence-electron chi connectivity index (χ1n) is 6.57. The number of amides is 1. The average molecular weight is 338 g/mol. The standard InChI is InChI=1S/C13H14N4O3S2/c1-22(19,20)17-4-2-10-9(8-17)6-14-7-11(10)12(18)16-13-15-3-5-21-13/h3,5-7H,2,4,8H2,1H3,(H,15,16,18). The van der Waals surface area contributed by atoms with E-state index in [4.69, 9.17) is 0 Å². The van der Waals surface area contributed by atoms with Crippen LogP contribution in [-0.4, -0.2) is 41.4 Å². The molecule has 0 aromatic carbocycles. The lowest BCUT2D eigenvalue weighted by atomic mass is 9.98. The number of aromatic nitrogens is 2. The normalized spacial score (nSPS) is 15.3. The first-order chi connectivity index (χ1) is 10.4. The van der Waals surface area contributed by atoms with E-state index in [-0.39, 0.29) is 12.5 Å². The largest absolute Gasteiger partial charge is 0.298 e. The molecular formula is C13H14N4O3S2. The Morgan fingerprint density at radius 2 is 2.23 bits per heavy atom. The number of nitrogens with zero attached hydrogens (tertiary/aromatic N) is 3. The molecule has 0 unspecified atom stereocenters.